The molecular formula is C12H24N2O. The van der Waals surface area contributed by atoms with Crippen LogP contribution in [0.4, 0.5) is 0 Å². The minimum atomic E-state index is 0.0944. The van der Waals surface area contributed by atoms with Crippen LogP contribution in [-0.2, 0) is 4.84 Å². The second-order valence-electron chi connectivity index (χ2n) is 5.93. The summed E-state index contributed by atoms with van der Waals surface area (Å²) >= 11 is 0. The van der Waals surface area contributed by atoms with Crippen LogP contribution < -0.4 is 5.73 Å². The molecule has 0 amide bonds. The lowest BCUT2D eigenvalue weighted by atomic mass is 9.61. The predicted molar refractivity (Wildman–Crippen MR) is 63.8 cm³/mol. The molecule has 0 aromatic heterocycles. The van der Waals surface area contributed by atoms with Gasteiger partial charge in [0.25, 0.3) is 0 Å². The Morgan fingerprint density at radius 2 is 1.93 bits per heavy atom. The van der Waals surface area contributed by atoms with Crippen LogP contribution in [0.5, 0.6) is 0 Å². The van der Waals surface area contributed by atoms with Crippen molar-refractivity contribution in [2.24, 2.45) is 21.7 Å². The summed E-state index contributed by atoms with van der Waals surface area (Å²) in [5, 5.41) is 4.08. The van der Waals surface area contributed by atoms with Crippen molar-refractivity contribution in [1.82, 2.24) is 0 Å². The fourth-order valence-corrected chi connectivity index (χ4v) is 3.08. The van der Waals surface area contributed by atoms with E-state index in [0.717, 1.165) is 25.0 Å². The average molecular weight is 212 g/mol. The van der Waals surface area contributed by atoms with Crippen LogP contribution in [0.3, 0.4) is 0 Å². The summed E-state index contributed by atoms with van der Waals surface area (Å²) in [6.45, 7) is 8.85. The van der Waals surface area contributed by atoms with Gasteiger partial charge in [-0.15, -0.1) is 0 Å². The number of hydrogen-bond acceptors (Lipinski definition) is 3. The maximum Gasteiger partial charge on any atom is 0.106 e. The molecule has 3 heteroatoms. The normalized spacial score (nSPS) is 36.4. The molecule has 2 atom stereocenters. The van der Waals surface area contributed by atoms with Crippen molar-refractivity contribution in [2.45, 2.75) is 53.0 Å². The van der Waals surface area contributed by atoms with Gasteiger partial charge in [-0.05, 0) is 31.6 Å². The van der Waals surface area contributed by atoms with Gasteiger partial charge in [0.1, 0.15) is 7.11 Å². The van der Waals surface area contributed by atoms with E-state index in [0.29, 0.717) is 5.41 Å². The first-order valence-corrected chi connectivity index (χ1v) is 5.63. The molecule has 2 unspecified atom stereocenters. The van der Waals surface area contributed by atoms with Gasteiger partial charge in [-0.3, -0.25) is 0 Å². The molecule has 1 rings (SSSR count). The zero-order valence-electron chi connectivity index (χ0n) is 10.6. The Morgan fingerprint density at radius 1 is 1.33 bits per heavy atom. The van der Waals surface area contributed by atoms with Gasteiger partial charge < -0.3 is 10.6 Å². The summed E-state index contributed by atoms with van der Waals surface area (Å²) in [6.07, 6.45) is 3.24. The van der Waals surface area contributed by atoms with E-state index in [2.05, 4.69) is 25.9 Å². The lowest BCUT2D eigenvalue weighted by Crippen LogP contribution is -2.45. The van der Waals surface area contributed by atoms with Gasteiger partial charge in [-0.25, -0.2) is 0 Å². The van der Waals surface area contributed by atoms with Crippen LogP contribution in [0.1, 0.15) is 47.0 Å². The first kappa shape index (κ1) is 12.5. The first-order chi connectivity index (χ1) is 6.79. The van der Waals surface area contributed by atoms with Crippen molar-refractivity contribution in [3.8, 4) is 0 Å². The molecule has 2 N–H and O–H groups in total. The van der Waals surface area contributed by atoms with Crippen molar-refractivity contribution in [3.63, 3.8) is 0 Å². The largest absolute Gasteiger partial charge is 0.399 e. The smallest absolute Gasteiger partial charge is 0.106 e. The van der Waals surface area contributed by atoms with Gasteiger partial charge in [-0.2, -0.15) is 0 Å². The average Bonchev–Trinajstić information content (AvgIpc) is 1.99. The number of nitrogens with two attached hydrogens (primary N) is 1. The Kier molecular flexibility index (Phi) is 3.44. The van der Waals surface area contributed by atoms with E-state index in [1.807, 2.05) is 6.92 Å². The third-order valence-corrected chi connectivity index (χ3v) is 3.50. The van der Waals surface area contributed by atoms with E-state index in [1.165, 1.54) is 0 Å². The molecule has 0 bridgehead atoms. The van der Waals surface area contributed by atoms with Gasteiger partial charge in [0.2, 0.25) is 0 Å². The summed E-state index contributed by atoms with van der Waals surface area (Å²) in [5.74, 6) is 0. The first-order valence-electron chi connectivity index (χ1n) is 5.63. The highest BCUT2D eigenvalue weighted by atomic mass is 16.6. The number of oxime groups is 1. The second-order valence-corrected chi connectivity index (χ2v) is 5.93. The third kappa shape index (κ3) is 2.94. The third-order valence-electron chi connectivity index (χ3n) is 3.50. The van der Waals surface area contributed by atoms with Crippen LogP contribution in [0.2, 0.25) is 0 Å². The summed E-state index contributed by atoms with van der Waals surface area (Å²) < 4.78 is 0. The van der Waals surface area contributed by atoms with Crippen LogP contribution in [0, 0.1) is 10.8 Å². The maximum atomic E-state index is 6.12. The van der Waals surface area contributed by atoms with E-state index in [4.69, 9.17) is 10.6 Å². The van der Waals surface area contributed by atoms with E-state index >= 15 is 0 Å². The highest BCUT2D eigenvalue weighted by Crippen LogP contribution is 2.46. The molecular weight excluding hydrogens is 188 g/mol. The molecule has 1 aliphatic carbocycles. The quantitative estimate of drug-likeness (QED) is 0.565. The summed E-state index contributed by atoms with van der Waals surface area (Å²) in [7, 11) is 1.60. The van der Waals surface area contributed by atoms with Gasteiger partial charge in [0, 0.05) is 11.5 Å². The summed E-state index contributed by atoms with van der Waals surface area (Å²) in [5.41, 5.74) is 7.58. The Bertz CT molecular complexity index is 260. The van der Waals surface area contributed by atoms with Crippen LogP contribution >= 0.6 is 0 Å². The Labute approximate surface area is 93.1 Å². The van der Waals surface area contributed by atoms with Crippen LogP contribution in [0.25, 0.3) is 0 Å². The van der Waals surface area contributed by atoms with Crippen molar-refractivity contribution in [2.75, 3.05) is 7.11 Å². The van der Waals surface area contributed by atoms with Gasteiger partial charge >= 0.3 is 0 Å². The van der Waals surface area contributed by atoms with Crippen LogP contribution in [0.15, 0.2) is 5.16 Å². The fraction of sp³-hybridized carbons (Fsp3) is 0.917. The molecule has 0 heterocycles. The highest BCUT2D eigenvalue weighted by Gasteiger charge is 2.42. The van der Waals surface area contributed by atoms with Gasteiger partial charge in [0.15, 0.2) is 0 Å². The van der Waals surface area contributed by atoms with Gasteiger partial charge in [0.05, 0.1) is 5.71 Å². The lowest BCUT2D eigenvalue weighted by molar-refractivity contribution is 0.126. The molecule has 1 saturated carbocycles. The summed E-state index contributed by atoms with van der Waals surface area (Å²) in [6, 6.07) is 0.278. The molecule has 1 aliphatic rings. The van der Waals surface area contributed by atoms with E-state index in [1.54, 1.807) is 7.11 Å². The van der Waals surface area contributed by atoms with E-state index in [-0.39, 0.29) is 11.5 Å². The summed E-state index contributed by atoms with van der Waals surface area (Å²) in [4.78, 5) is 4.87. The number of rotatable bonds is 2. The monoisotopic (exact) mass is 212 g/mol. The molecule has 0 saturated heterocycles. The molecule has 15 heavy (non-hydrogen) atoms. The van der Waals surface area contributed by atoms with Crippen LogP contribution in [-0.4, -0.2) is 18.9 Å². The van der Waals surface area contributed by atoms with E-state index < -0.39 is 0 Å². The van der Waals surface area contributed by atoms with Crippen molar-refractivity contribution < 1.29 is 4.84 Å². The van der Waals surface area contributed by atoms with Crippen molar-refractivity contribution in [1.29, 1.82) is 0 Å². The topological polar surface area (TPSA) is 47.6 Å². The Balaban J connectivity index is 2.88. The van der Waals surface area contributed by atoms with Crippen molar-refractivity contribution in [3.05, 3.63) is 0 Å². The molecule has 0 aliphatic heterocycles. The molecule has 0 radical (unpaired) electrons. The minimum Gasteiger partial charge on any atom is -0.399 e. The lowest BCUT2D eigenvalue weighted by Gasteiger charge is -2.45. The standard InChI is InChI=1S/C12H24N2O/c1-9(14-15-5)12(4)7-10(13)6-11(2,3)8-12/h10H,6-8,13H2,1-5H3. The zero-order valence-corrected chi connectivity index (χ0v) is 10.6. The number of hydrogen-bond donors (Lipinski definition) is 1. The molecule has 3 nitrogen and oxygen atoms in total. The Morgan fingerprint density at radius 3 is 2.40 bits per heavy atom. The van der Waals surface area contributed by atoms with E-state index in [9.17, 15) is 0 Å². The fourth-order valence-electron chi connectivity index (χ4n) is 3.08. The predicted octanol–water partition coefficient (Wildman–Crippen LogP) is 2.55. The number of nitrogens with zero attached hydrogens (tertiary/aromatic N) is 1. The Hall–Kier alpha value is -0.570. The minimum absolute atomic E-state index is 0.0944. The second kappa shape index (κ2) is 4.12. The SMILES string of the molecule is CON=C(C)C1(C)CC(N)CC(C)(C)C1. The maximum absolute atomic E-state index is 6.12. The molecule has 0 aromatic rings. The zero-order chi connectivity index (χ0) is 11.7. The van der Waals surface area contributed by atoms with Crippen molar-refractivity contribution >= 4 is 5.71 Å². The molecule has 0 aromatic carbocycles. The highest BCUT2D eigenvalue weighted by molar-refractivity contribution is 5.87. The van der Waals surface area contributed by atoms with Gasteiger partial charge in [-0.1, -0.05) is 25.9 Å². The molecule has 1 fully saturated rings. The molecule has 0 spiro atoms. The molecule has 88 valence electrons.